The van der Waals surface area contributed by atoms with E-state index in [1.807, 2.05) is 37.8 Å². The summed E-state index contributed by atoms with van der Waals surface area (Å²) in [5.74, 6) is 1.16. The van der Waals surface area contributed by atoms with E-state index in [0.29, 0.717) is 13.0 Å². The van der Waals surface area contributed by atoms with E-state index < -0.39 is 0 Å². The fourth-order valence-electron chi connectivity index (χ4n) is 5.17. The van der Waals surface area contributed by atoms with Crippen LogP contribution in [0.25, 0.3) is 0 Å². The van der Waals surface area contributed by atoms with Crippen molar-refractivity contribution in [2.45, 2.75) is 72.6 Å². The van der Waals surface area contributed by atoms with Gasteiger partial charge in [0.2, 0.25) is 0 Å². The molecule has 0 radical (unpaired) electrons. The number of rotatable bonds is 16. The second-order valence-corrected chi connectivity index (χ2v) is 11.0. The second kappa shape index (κ2) is 15.4. The Bertz CT molecular complexity index is 1340. The molecule has 0 spiro atoms. The third-order valence-corrected chi connectivity index (χ3v) is 7.52. The van der Waals surface area contributed by atoms with Crippen LogP contribution in [0.2, 0.25) is 0 Å². The lowest BCUT2D eigenvalue weighted by Crippen LogP contribution is -2.24. The van der Waals surface area contributed by atoms with Gasteiger partial charge in [0.15, 0.2) is 5.78 Å². The zero-order chi connectivity index (χ0) is 29.0. The van der Waals surface area contributed by atoms with Crippen LogP contribution in [0.1, 0.15) is 77.7 Å². The number of benzene rings is 2. The molecule has 0 aliphatic rings. The number of nitrogens with zero attached hydrogens (tertiary/aromatic N) is 5. The topological polar surface area (TPSA) is 54.3 Å². The molecule has 6 nitrogen and oxygen atoms in total. The van der Waals surface area contributed by atoms with Crippen LogP contribution in [0.3, 0.4) is 0 Å². The molecule has 6 heteroatoms. The van der Waals surface area contributed by atoms with E-state index in [2.05, 4.69) is 93.6 Å². The smallest absolute Gasteiger partial charge is 0.167 e. The Kier molecular flexibility index (Phi) is 11.4. The summed E-state index contributed by atoms with van der Waals surface area (Å²) in [5, 5.41) is 0. The maximum absolute atomic E-state index is 13.1. The first kappa shape index (κ1) is 30.4. The maximum atomic E-state index is 13.1. The van der Waals surface area contributed by atoms with E-state index in [9.17, 15) is 4.79 Å². The van der Waals surface area contributed by atoms with Crippen LogP contribution < -0.4 is 0 Å². The molecule has 0 saturated carbocycles. The van der Waals surface area contributed by atoms with Gasteiger partial charge in [0.05, 0.1) is 12.2 Å². The van der Waals surface area contributed by atoms with Crippen molar-refractivity contribution in [1.29, 1.82) is 0 Å². The first-order chi connectivity index (χ1) is 20.0. The Hall–Kier alpha value is -3.61. The van der Waals surface area contributed by atoms with E-state index in [1.54, 1.807) is 0 Å². The van der Waals surface area contributed by atoms with Crippen LogP contribution in [0.4, 0.5) is 0 Å². The van der Waals surface area contributed by atoms with E-state index in [0.717, 1.165) is 80.2 Å². The van der Waals surface area contributed by atoms with Gasteiger partial charge in [-0.25, -0.2) is 4.98 Å². The van der Waals surface area contributed by atoms with Crippen LogP contribution in [-0.4, -0.2) is 43.2 Å². The van der Waals surface area contributed by atoms with Gasteiger partial charge >= 0.3 is 0 Å². The lowest BCUT2D eigenvalue weighted by molar-refractivity contribution is 0.0993. The minimum absolute atomic E-state index is 0.146. The van der Waals surface area contributed by atoms with Gasteiger partial charge < -0.3 is 4.57 Å². The molecule has 0 aliphatic heterocycles. The number of Topliss-reactive ketones (excluding diaryl/α,β-unsaturated/α-hetero) is 1. The molecule has 2 heterocycles. The molecule has 0 unspecified atom stereocenters. The average Bonchev–Trinajstić information content (AvgIpc) is 3.39. The molecular formula is C35H45N5O. The molecule has 0 saturated heterocycles. The van der Waals surface area contributed by atoms with Crippen LogP contribution in [-0.2, 0) is 46.1 Å². The molecule has 2 aromatic carbocycles. The SMILES string of the molecule is CCCN(CCC)Cc1ccc(CC(=O)c2ccc(CN(Cc3ccc(CC)cn3)Cc3nccn3C)cc2)cc1. The fraction of sp³-hybridized carbons (Fsp3) is 0.400. The summed E-state index contributed by atoms with van der Waals surface area (Å²) in [4.78, 5) is 27.1. The third kappa shape index (κ3) is 9.20. The number of hydrogen-bond donors (Lipinski definition) is 0. The normalized spacial score (nSPS) is 11.5. The molecule has 4 rings (SSSR count). The molecule has 41 heavy (non-hydrogen) atoms. The van der Waals surface area contributed by atoms with Gasteiger partial charge in [-0.3, -0.25) is 19.6 Å². The summed E-state index contributed by atoms with van der Waals surface area (Å²) in [6, 6.07) is 20.9. The standard InChI is InChI=1S/C35H45N5O/c1-5-19-39(20-6-2)24-30-10-8-29(9-11-30)22-34(41)32-15-12-31(13-16-32)25-40(27-35-36-18-21-38(35)4)26-33-17-14-28(7-3)23-37-33/h8-18,21,23H,5-7,19-20,22,24-27H2,1-4H3. The van der Waals surface area contributed by atoms with Crippen molar-refractivity contribution in [3.05, 3.63) is 119 Å². The van der Waals surface area contributed by atoms with Gasteiger partial charge in [-0.1, -0.05) is 75.4 Å². The molecule has 0 bridgehead atoms. The van der Waals surface area contributed by atoms with Crippen molar-refractivity contribution in [3.8, 4) is 0 Å². The molecule has 2 aromatic heterocycles. The second-order valence-electron chi connectivity index (χ2n) is 11.0. The summed E-state index contributed by atoms with van der Waals surface area (Å²) in [6.45, 7) is 12.0. The molecular weight excluding hydrogens is 506 g/mol. The van der Waals surface area contributed by atoms with Crippen molar-refractivity contribution in [3.63, 3.8) is 0 Å². The number of hydrogen-bond acceptors (Lipinski definition) is 5. The molecule has 0 atom stereocenters. The molecule has 216 valence electrons. The average molecular weight is 552 g/mol. The van der Waals surface area contributed by atoms with E-state index in [1.165, 1.54) is 11.1 Å². The van der Waals surface area contributed by atoms with Gasteiger partial charge in [-0.15, -0.1) is 0 Å². The van der Waals surface area contributed by atoms with Crippen molar-refractivity contribution in [2.24, 2.45) is 7.05 Å². The van der Waals surface area contributed by atoms with Crippen molar-refractivity contribution in [2.75, 3.05) is 13.1 Å². The summed E-state index contributed by atoms with van der Waals surface area (Å²) in [7, 11) is 2.02. The summed E-state index contributed by atoms with van der Waals surface area (Å²) < 4.78 is 2.06. The van der Waals surface area contributed by atoms with Gasteiger partial charge in [0.25, 0.3) is 0 Å². The van der Waals surface area contributed by atoms with E-state index in [-0.39, 0.29) is 5.78 Å². The quantitative estimate of drug-likeness (QED) is 0.146. The predicted molar refractivity (Wildman–Crippen MR) is 167 cm³/mol. The van der Waals surface area contributed by atoms with Gasteiger partial charge in [0, 0.05) is 57.3 Å². The maximum Gasteiger partial charge on any atom is 0.167 e. The highest BCUT2D eigenvalue weighted by molar-refractivity contribution is 5.97. The number of carbonyl (C=O) groups is 1. The lowest BCUT2D eigenvalue weighted by Gasteiger charge is -2.22. The summed E-state index contributed by atoms with van der Waals surface area (Å²) >= 11 is 0. The first-order valence-corrected chi connectivity index (χ1v) is 15.0. The Morgan fingerprint density at radius 2 is 1.32 bits per heavy atom. The molecule has 4 aromatic rings. The highest BCUT2D eigenvalue weighted by Gasteiger charge is 2.14. The Morgan fingerprint density at radius 1 is 0.707 bits per heavy atom. The third-order valence-electron chi connectivity index (χ3n) is 7.52. The zero-order valence-corrected chi connectivity index (χ0v) is 25.2. The molecule has 0 fully saturated rings. The first-order valence-electron chi connectivity index (χ1n) is 15.0. The Balaban J connectivity index is 1.37. The van der Waals surface area contributed by atoms with Crippen molar-refractivity contribution >= 4 is 5.78 Å². The van der Waals surface area contributed by atoms with Crippen LogP contribution in [0.15, 0.2) is 79.3 Å². The fourth-order valence-corrected chi connectivity index (χ4v) is 5.17. The lowest BCUT2D eigenvalue weighted by atomic mass is 10.0. The summed E-state index contributed by atoms with van der Waals surface area (Å²) in [5.41, 5.74) is 6.56. The zero-order valence-electron chi connectivity index (χ0n) is 25.2. The van der Waals surface area contributed by atoms with Gasteiger partial charge in [0.1, 0.15) is 5.82 Å². The molecule has 0 aliphatic carbocycles. The minimum atomic E-state index is 0.146. The number of pyridine rings is 1. The largest absolute Gasteiger partial charge is 0.337 e. The number of aryl methyl sites for hydroxylation is 2. The van der Waals surface area contributed by atoms with Gasteiger partial charge in [-0.2, -0.15) is 0 Å². The Morgan fingerprint density at radius 3 is 1.88 bits per heavy atom. The number of aromatic nitrogens is 3. The summed E-state index contributed by atoms with van der Waals surface area (Å²) in [6.07, 6.45) is 9.51. The minimum Gasteiger partial charge on any atom is -0.337 e. The highest BCUT2D eigenvalue weighted by Crippen LogP contribution is 2.16. The van der Waals surface area contributed by atoms with Crippen LogP contribution in [0, 0.1) is 0 Å². The highest BCUT2D eigenvalue weighted by atomic mass is 16.1. The van der Waals surface area contributed by atoms with E-state index in [4.69, 9.17) is 0 Å². The van der Waals surface area contributed by atoms with Gasteiger partial charge in [-0.05, 0) is 60.7 Å². The van der Waals surface area contributed by atoms with Crippen LogP contribution >= 0.6 is 0 Å². The Labute approximate surface area is 246 Å². The van der Waals surface area contributed by atoms with Crippen LogP contribution in [0.5, 0.6) is 0 Å². The van der Waals surface area contributed by atoms with E-state index >= 15 is 0 Å². The number of ketones is 1. The monoisotopic (exact) mass is 551 g/mol. The number of carbonyl (C=O) groups excluding carboxylic acids is 1. The van der Waals surface area contributed by atoms with Crippen molar-refractivity contribution < 1.29 is 4.79 Å². The van der Waals surface area contributed by atoms with Crippen molar-refractivity contribution in [1.82, 2.24) is 24.3 Å². The number of imidazole rings is 1. The molecule has 0 N–H and O–H groups in total. The predicted octanol–water partition coefficient (Wildman–Crippen LogP) is 6.63. The molecule has 0 amide bonds.